The second kappa shape index (κ2) is 13.6. The van der Waals surface area contributed by atoms with E-state index in [1.807, 2.05) is 48.5 Å². The van der Waals surface area contributed by atoms with Crippen molar-refractivity contribution in [1.29, 1.82) is 0 Å². The van der Waals surface area contributed by atoms with Crippen LogP contribution in [0.3, 0.4) is 0 Å². The lowest BCUT2D eigenvalue weighted by Gasteiger charge is -2.10. The Labute approximate surface area is 153 Å². The number of aliphatic hydroxyl groups is 2. The summed E-state index contributed by atoms with van der Waals surface area (Å²) in [5.41, 5.74) is 3.72. The molecule has 2 aromatic carbocycles. The Balaban J connectivity index is 0.000000520. The molecule has 0 spiro atoms. The zero-order valence-electron chi connectivity index (χ0n) is 15.1. The predicted molar refractivity (Wildman–Crippen MR) is 99.6 cm³/mol. The first-order chi connectivity index (χ1) is 12.4. The largest absolute Gasteiger partial charge is 0.481 e. The van der Waals surface area contributed by atoms with E-state index in [1.54, 1.807) is 13.8 Å². The fraction of sp³-hybridized carbons (Fsp3) is 0.300. The Bertz CT molecular complexity index is 622. The first-order valence-electron chi connectivity index (χ1n) is 8.22. The van der Waals surface area contributed by atoms with E-state index in [4.69, 9.17) is 10.2 Å². The van der Waals surface area contributed by atoms with Gasteiger partial charge < -0.3 is 20.4 Å². The van der Waals surface area contributed by atoms with Crippen LogP contribution in [0, 0.1) is 0 Å². The van der Waals surface area contributed by atoms with E-state index >= 15 is 0 Å². The molecule has 142 valence electrons. The maximum Gasteiger partial charge on any atom is 0.303 e. The Morgan fingerprint density at radius 1 is 0.692 bits per heavy atom. The van der Waals surface area contributed by atoms with Gasteiger partial charge in [-0.15, -0.1) is 0 Å². The van der Waals surface area contributed by atoms with E-state index in [9.17, 15) is 19.8 Å². The summed E-state index contributed by atoms with van der Waals surface area (Å²) in [5.74, 6) is -1.49. The average molecular weight is 362 g/mol. The fourth-order valence-corrected chi connectivity index (χ4v) is 1.84. The number of aliphatic carboxylic acids is 2. The highest BCUT2D eigenvalue weighted by atomic mass is 16.4. The van der Waals surface area contributed by atoms with Gasteiger partial charge in [0.15, 0.2) is 0 Å². The van der Waals surface area contributed by atoms with Crippen molar-refractivity contribution in [2.45, 2.75) is 39.9 Å². The lowest BCUT2D eigenvalue weighted by atomic mass is 9.96. The van der Waals surface area contributed by atoms with Crippen molar-refractivity contribution in [2.75, 3.05) is 0 Å². The van der Waals surface area contributed by atoms with Gasteiger partial charge in [0.05, 0.1) is 13.2 Å². The van der Waals surface area contributed by atoms with Gasteiger partial charge in [-0.25, -0.2) is 0 Å². The third-order valence-electron chi connectivity index (χ3n) is 3.27. The van der Waals surface area contributed by atoms with Crippen LogP contribution in [0.2, 0.25) is 0 Å². The number of carboxylic acid groups (broad SMARTS) is 2. The van der Waals surface area contributed by atoms with Gasteiger partial charge in [0, 0.05) is 12.8 Å². The third-order valence-corrected chi connectivity index (χ3v) is 3.27. The van der Waals surface area contributed by atoms with E-state index in [0.717, 1.165) is 22.3 Å². The topological polar surface area (TPSA) is 115 Å². The van der Waals surface area contributed by atoms with Gasteiger partial charge in [0.1, 0.15) is 0 Å². The molecule has 0 amide bonds. The molecule has 0 saturated carbocycles. The first kappa shape index (κ1) is 23.3. The summed E-state index contributed by atoms with van der Waals surface area (Å²) in [4.78, 5) is 18.7. The van der Waals surface area contributed by atoms with Crippen LogP contribution in [0.25, 0.3) is 11.1 Å². The molecule has 0 aliphatic carbocycles. The quantitative estimate of drug-likeness (QED) is 0.649. The number of aliphatic hydroxyl groups excluding tert-OH is 2. The molecule has 0 aliphatic rings. The molecule has 0 heterocycles. The normalized spacial score (nSPS) is 9.23. The SMILES string of the molecule is CCC(=O)O.CCC(=O)O.OCc1ccccc1-c1ccccc1CO. The van der Waals surface area contributed by atoms with Crippen LogP contribution in [0.4, 0.5) is 0 Å². The van der Waals surface area contributed by atoms with Crippen molar-refractivity contribution in [3.8, 4) is 11.1 Å². The van der Waals surface area contributed by atoms with E-state index in [1.165, 1.54) is 0 Å². The molecule has 2 rings (SSSR count). The molecule has 4 N–H and O–H groups in total. The summed E-state index contributed by atoms with van der Waals surface area (Å²) in [5, 5.41) is 34.0. The summed E-state index contributed by atoms with van der Waals surface area (Å²) in [7, 11) is 0. The van der Waals surface area contributed by atoms with Gasteiger partial charge in [-0.3, -0.25) is 9.59 Å². The van der Waals surface area contributed by atoms with Crippen LogP contribution in [0.15, 0.2) is 48.5 Å². The van der Waals surface area contributed by atoms with Crippen molar-refractivity contribution >= 4 is 11.9 Å². The second-order valence-corrected chi connectivity index (χ2v) is 5.13. The van der Waals surface area contributed by atoms with Crippen LogP contribution in [-0.4, -0.2) is 32.4 Å². The molecule has 6 nitrogen and oxygen atoms in total. The first-order valence-corrected chi connectivity index (χ1v) is 8.22. The monoisotopic (exact) mass is 362 g/mol. The summed E-state index contributed by atoms with van der Waals surface area (Å²) in [6.45, 7) is 3.22. The molecule has 26 heavy (non-hydrogen) atoms. The third kappa shape index (κ3) is 8.96. The molecule has 0 unspecified atom stereocenters. The Morgan fingerprint density at radius 3 is 1.19 bits per heavy atom. The van der Waals surface area contributed by atoms with Crippen molar-refractivity contribution in [3.05, 3.63) is 59.7 Å². The minimum atomic E-state index is -0.745. The zero-order valence-corrected chi connectivity index (χ0v) is 15.1. The molecule has 0 radical (unpaired) electrons. The van der Waals surface area contributed by atoms with Crippen LogP contribution in [0.1, 0.15) is 37.8 Å². The van der Waals surface area contributed by atoms with Gasteiger partial charge >= 0.3 is 11.9 Å². The fourth-order valence-electron chi connectivity index (χ4n) is 1.84. The number of hydrogen-bond acceptors (Lipinski definition) is 4. The van der Waals surface area contributed by atoms with Crippen molar-refractivity contribution in [3.63, 3.8) is 0 Å². The van der Waals surface area contributed by atoms with Crippen LogP contribution >= 0.6 is 0 Å². The van der Waals surface area contributed by atoms with Crippen LogP contribution < -0.4 is 0 Å². The van der Waals surface area contributed by atoms with Gasteiger partial charge in [0.25, 0.3) is 0 Å². The molecule has 0 fully saturated rings. The molecular formula is C20H26O6. The smallest absolute Gasteiger partial charge is 0.303 e. The Kier molecular flexibility index (Phi) is 12.2. The van der Waals surface area contributed by atoms with E-state index < -0.39 is 11.9 Å². The minimum absolute atomic E-state index is 0.00986. The summed E-state index contributed by atoms with van der Waals surface area (Å²) < 4.78 is 0. The lowest BCUT2D eigenvalue weighted by Crippen LogP contribution is -1.93. The van der Waals surface area contributed by atoms with Crippen LogP contribution in [-0.2, 0) is 22.8 Å². The molecule has 2 aromatic rings. The average Bonchev–Trinajstić information content (AvgIpc) is 2.68. The summed E-state index contributed by atoms with van der Waals surface area (Å²) in [6.07, 6.45) is 0.444. The van der Waals surface area contributed by atoms with Crippen LogP contribution in [0.5, 0.6) is 0 Å². The highest BCUT2D eigenvalue weighted by Crippen LogP contribution is 2.27. The van der Waals surface area contributed by atoms with Gasteiger partial charge in [-0.1, -0.05) is 62.4 Å². The van der Waals surface area contributed by atoms with Crippen molar-refractivity contribution in [1.82, 2.24) is 0 Å². The number of rotatable bonds is 5. The molecular weight excluding hydrogens is 336 g/mol. The number of benzene rings is 2. The predicted octanol–water partition coefficient (Wildman–Crippen LogP) is 3.30. The molecule has 6 heteroatoms. The van der Waals surface area contributed by atoms with Crippen molar-refractivity contribution in [2.24, 2.45) is 0 Å². The molecule has 0 aliphatic heterocycles. The van der Waals surface area contributed by atoms with Gasteiger partial charge in [-0.2, -0.15) is 0 Å². The Hall–Kier alpha value is -2.70. The second-order valence-electron chi connectivity index (χ2n) is 5.13. The van der Waals surface area contributed by atoms with Gasteiger partial charge in [0.2, 0.25) is 0 Å². The number of carboxylic acids is 2. The van der Waals surface area contributed by atoms with E-state index in [0.29, 0.717) is 0 Å². The summed E-state index contributed by atoms with van der Waals surface area (Å²) >= 11 is 0. The molecule has 0 atom stereocenters. The maximum absolute atomic E-state index is 9.37. The Morgan fingerprint density at radius 2 is 0.962 bits per heavy atom. The molecule has 0 aromatic heterocycles. The van der Waals surface area contributed by atoms with Gasteiger partial charge in [-0.05, 0) is 22.3 Å². The minimum Gasteiger partial charge on any atom is -0.481 e. The zero-order chi connectivity index (χ0) is 19.9. The number of carbonyl (C=O) groups is 2. The standard InChI is InChI=1S/C14H14O2.2C3H6O2/c15-9-11-5-1-3-7-13(11)14-8-4-2-6-12(14)10-16;2*1-2-3(4)5/h1-8,15-16H,9-10H2;2*2H2,1H3,(H,4,5). The molecule has 0 saturated heterocycles. The highest BCUT2D eigenvalue weighted by Gasteiger charge is 2.07. The highest BCUT2D eigenvalue weighted by molar-refractivity contribution is 5.70. The van der Waals surface area contributed by atoms with E-state index in [2.05, 4.69) is 0 Å². The lowest BCUT2D eigenvalue weighted by molar-refractivity contribution is -0.137. The maximum atomic E-state index is 9.37. The van der Waals surface area contributed by atoms with E-state index in [-0.39, 0.29) is 26.1 Å². The van der Waals surface area contributed by atoms with Crippen molar-refractivity contribution < 1.29 is 30.0 Å². The summed E-state index contributed by atoms with van der Waals surface area (Å²) in [6, 6.07) is 15.4. The molecule has 0 bridgehead atoms. The number of hydrogen-bond donors (Lipinski definition) is 4.